The van der Waals surface area contributed by atoms with Crippen LogP contribution in [0.4, 0.5) is 29.5 Å². The van der Waals surface area contributed by atoms with Crippen LogP contribution in [0.5, 0.6) is 0 Å². The minimum absolute atomic E-state index is 0.257. The van der Waals surface area contributed by atoms with Crippen molar-refractivity contribution in [2.24, 2.45) is 0 Å². The summed E-state index contributed by atoms with van der Waals surface area (Å²) in [7, 11) is 3.57. The van der Waals surface area contributed by atoms with Crippen molar-refractivity contribution in [3.8, 4) is 0 Å². The Morgan fingerprint density at radius 2 is 2.11 bits per heavy atom. The van der Waals surface area contributed by atoms with Gasteiger partial charge < -0.3 is 9.64 Å². The number of carbonyl (C=O) groups is 1. The van der Waals surface area contributed by atoms with Gasteiger partial charge in [0.15, 0.2) is 6.61 Å². The van der Waals surface area contributed by atoms with Crippen LogP contribution in [0.15, 0.2) is 18.3 Å². The van der Waals surface area contributed by atoms with E-state index in [4.69, 9.17) is 0 Å². The molecular formula is C10H12F3N3O2. The minimum Gasteiger partial charge on any atom is -0.440 e. The van der Waals surface area contributed by atoms with Gasteiger partial charge in [-0.25, -0.2) is 9.78 Å². The van der Waals surface area contributed by atoms with Gasteiger partial charge in [-0.05, 0) is 12.1 Å². The first-order valence-corrected chi connectivity index (χ1v) is 4.92. The topological polar surface area (TPSA) is 54.5 Å². The molecule has 0 saturated heterocycles. The zero-order valence-electron chi connectivity index (χ0n) is 9.78. The molecule has 1 N–H and O–H groups in total. The van der Waals surface area contributed by atoms with Crippen molar-refractivity contribution < 1.29 is 22.7 Å². The van der Waals surface area contributed by atoms with Gasteiger partial charge in [-0.2, -0.15) is 13.2 Å². The predicted molar refractivity (Wildman–Crippen MR) is 59.6 cm³/mol. The van der Waals surface area contributed by atoms with E-state index in [2.05, 4.69) is 15.0 Å². The molecule has 0 unspecified atom stereocenters. The summed E-state index contributed by atoms with van der Waals surface area (Å²) in [5.74, 6) is 0.657. The number of ether oxygens (including phenoxy) is 1. The standard InChI is InChI=1S/C10H12F3N3O2/c1-16(2)8-4-3-7(5-14-8)15-9(17)18-6-10(11,12)13/h3-5H,6H2,1-2H3,(H,15,17). The smallest absolute Gasteiger partial charge is 0.422 e. The first kappa shape index (κ1) is 14.1. The van der Waals surface area contributed by atoms with Crippen LogP contribution in [-0.2, 0) is 4.74 Å². The Hall–Kier alpha value is -1.99. The summed E-state index contributed by atoms with van der Waals surface area (Å²) >= 11 is 0. The third-order valence-electron chi connectivity index (χ3n) is 1.82. The second kappa shape index (κ2) is 5.56. The fraction of sp³-hybridized carbons (Fsp3) is 0.400. The second-order valence-electron chi connectivity index (χ2n) is 3.62. The SMILES string of the molecule is CN(C)c1ccc(NC(=O)OCC(F)(F)F)cn1. The van der Waals surface area contributed by atoms with Gasteiger partial charge in [0.05, 0.1) is 11.9 Å². The number of nitrogens with zero attached hydrogens (tertiary/aromatic N) is 2. The van der Waals surface area contributed by atoms with Crippen LogP contribution in [0.25, 0.3) is 0 Å². The van der Waals surface area contributed by atoms with E-state index in [0.717, 1.165) is 0 Å². The zero-order valence-corrected chi connectivity index (χ0v) is 9.78. The Balaban J connectivity index is 2.50. The van der Waals surface area contributed by atoms with E-state index in [9.17, 15) is 18.0 Å². The number of carbonyl (C=O) groups excluding carboxylic acids is 1. The molecule has 0 atom stereocenters. The Morgan fingerprint density at radius 1 is 1.44 bits per heavy atom. The molecule has 0 bridgehead atoms. The van der Waals surface area contributed by atoms with Crippen LogP contribution in [0.3, 0.4) is 0 Å². The number of rotatable bonds is 3. The van der Waals surface area contributed by atoms with Crippen LogP contribution < -0.4 is 10.2 Å². The number of halogens is 3. The number of hydrogen-bond donors (Lipinski definition) is 1. The van der Waals surface area contributed by atoms with Crippen molar-refractivity contribution in [1.29, 1.82) is 0 Å². The molecule has 1 aromatic rings. The van der Waals surface area contributed by atoms with Crippen molar-refractivity contribution in [2.45, 2.75) is 6.18 Å². The van der Waals surface area contributed by atoms with E-state index in [1.807, 2.05) is 0 Å². The molecule has 0 aliphatic heterocycles. The Bertz CT molecular complexity index is 404. The van der Waals surface area contributed by atoms with Crippen molar-refractivity contribution in [3.63, 3.8) is 0 Å². The maximum Gasteiger partial charge on any atom is 0.422 e. The lowest BCUT2D eigenvalue weighted by Gasteiger charge is -2.12. The lowest BCUT2D eigenvalue weighted by molar-refractivity contribution is -0.159. The Labute approximate surface area is 102 Å². The highest BCUT2D eigenvalue weighted by molar-refractivity contribution is 5.84. The summed E-state index contributed by atoms with van der Waals surface area (Å²) in [6.45, 7) is -1.62. The molecule has 5 nitrogen and oxygen atoms in total. The molecule has 0 fully saturated rings. The van der Waals surface area contributed by atoms with Crippen LogP contribution in [-0.4, -0.2) is 38.0 Å². The van der Waals surface area contributed by atoms with Gasteiger partial charge in [-0.15, -0.1) is 0 Å². The fourth-order valence-corrected chi connectivity index (χ4v) is 1.03. The first-order valence-electron chi connectivity index (χ1n) is 4.92. The predicted octanol–water partition coefficient (Wildman–Crippen LogP) is 2.26. The number of hydrogen-bond acceptors (Lipinski definition) is 4. The lowest BCUT2D eigenvalue weighted by Crippen LogP contribution is -2.23. The van der Waals surface area contributed by atoms with Gasteiger partial charge in [-0.1, -0.05) is 0 Å². The van der Waals surface area contributed by atoms with E-state index in [1.165, 1.54) is 12.3 Å². The Morgan fingerprint density at radius 3 is 2.56 bits per heavy atom. The van der Waals surface area contributed by atoms with E-state index in [0.29, 0.717) is 5.82 Å². The van der Waals surface area contributed by atoms with Gasteiger partial charge in [0, 0.05) is 14.1 Å². The van der Waals surface area contributed by atoms with E-state index < -0.39 is 18.9 Å². The van der Waals surface area contributed by atoms with Crippen molar-refractivity contribution >= 4 is 17.6 Å². The molecule has 0 aliphatic rings. The molecule has 1 heterocycles. The van der Waals surface area contributed by atoms with E-state index >= 15 is 0 Å². The minimum atomic E-state index is -4.54. The van der Waals surface area contributed by atoms with Crippen molar-refractivity contribution in [2.75, 3.05) is 30.9 Å². The molecule has 0 saturated carbocycles. The summed E-state index contributed by atoms with van der Waals surface area (Å²) in [5.41, 5.74) is 0.257. The fourth-order valence-electron chi connectivity index (χ4n) is 1.03. The van der Waals surface area contributed by atoms with Crippen LogP contribution >= 0.6 is 0 Å². The summed E-state index contributed by atoms with van der Waals surface area (Å²) in [6, 6.07) is 3.12. The van der Waals surface area contributed by atoms with Gasteiger partial charge in [-0.3, -0.25) is 5.32 Å². The molecule has 100 valence electrons. The molecular weight excluding hydrogens is 251 g/mol. The maximum absolute atomic E-state index is 11.8. The average Bonchev–Trinajstić information content (AvgIpc) is 2.26. The van der Waals surface area contributed by atoms with E-state index in [1.54, 1.807) is 25.1 Å². The summed E-state index contributed by atoms with van der Waals surface area (Å²) < 4.78 is 39.3. The highest BCUT2D eigenvalue weighted by Gasteiger charge is 2.29. The third-order valence-corrected chi connectivity index (χ3v) is 1.82. The lowest BCUT2D eigenvalue weighted by atomic mass is 10.4. The Kier molecular flexibility index (Phi) is 4.35. The normalized spacial score (nSPS) is 10.9. The number of anilines is 2. The second-order valence-corrected chi connectivity index (χ2v) is 3.62. The quantitative estimate of drug-likeness (QED) is 0.908. The van der Waals surface area contributed by atoms with Crippen LogP contribution in [0.1, 0.15) is 0 Å². The molecule has 18 heavy (non-hydrogen) atoms. The number of alkyl halides is 3. The van der Waals surface area contributed by atoms with Crippen LogP contribution in [0.2, 0.25) is 0 Å². The first-order chi connectivity index (χ1) is 8.28. The zero-order chi connectivity index (χ0) is 13.8. The van der Waals surface area contributed by atoms with Crippen molar-refractivity contribution in [3.05, 3.63) is 18.3 Å². The molecule has 0 radical (unpaired) electrons. The molecule has 1 amide bonds. The monoisotopic (exact) mass is 263 g/mol. The average molecular weight is 263 g/mol. The summed E-state index contributed by atoms with van der Waals surface area (Å²) in [6.07, 6.45) is -4.39. The molecule has 1 aromatic heterocycles. The molecule has 0 spiro atoms. The third kappa shape index (κ3) is 4.89. The van der Waals surface area contributed by atoms with Gasteiger partial charge in [0.1, 0.15) is 5.82 Å². The van der Waals surface area contributed by atoms with Gasteiger partial charge in [0.25, 0.3) is 0 Å². The number of pyridine rings is 1. The van der Waals surface area contributed by atoms with Crippen molar-refractivity contribution in [1.82, 2.24) is 4.98 Å². The van der Waals surface area contributed by atoms with Gasteiger partial charge >= 0.3 is 12.3 Å². The summed E-state index contributed by atoms with van der Waals surface area (Å²) in [5, 5.41) is 2.14. The largest absolute Gasteiger partial charge is 0.440 e. The van der Waals surface area contributed by atoms with Gasteiger partial charge in [0.2, 0.25) is 0 Å². The molecule has 8 heteroatoms. The maximum atomic E-state index is 11.8. The highest BCUT2D eigenvalue weighted by atomic mass is 19.4. The highest BCUT2D eigenvalue weighted by Crippen LogP contribution is 2.15. The number of nitrogens with one attached hydrogen (secondary N) is 1. The number of amides is 1. The molecule has 0 aromatic carbocycles. The molecule has 0 aliphatic carbocycles. The van der Waals surface area contributed by atoms with E-state index in [-0.39, 0.29) is 5.69 Å². The van der Waals surface area contributed by atoms with Crippen LogP contribution in [0, 0.1) is 0 Å². The number of aromatic nitrogens is 1. The molecule has 1 rings (SSSR count). The summed E-state index contributed by atoms with van der Waals surface area (Å²) in [4.78, 5) is 16.7.